The third-order valence-corrected chi connectivity index (χ3v) is 9.43. The number of carbonyl (C=O) groups is 2. The molecule has 220 valence electrons. The minimum atomic E-state index is -4.17. The van der Waals surface area contributed by atoms with Crippen LogP contribution in [-0.2, 0) is 26.2 Å². The van der Waals surface area contributed by atoms with Crippen LogP contribution in [0.2, 0.25) is 10.0 Å². The first-order chi connectivity index (χ1) is 19.4. The molecule has 0 bridgehead atoms. The van der Waals surface area contributed by atoms with Gasteiger partial charge in [0.05, 0.1) is 10.6 Å². The number of aryl methyl sites for hydroxylation is 2. The van der Waals surface area contributed by atoms with Crippen LogP contribution in [0.4, 0.5) is 5.69 Å². The largest absolute Gasteiger partial charge is 0.352 e. The Hall–Kier alpha value is -3.07. The van der Waals surface area contributed by atoms with E-state index in [4.69, 9.17) is 23.2 Å². The summed E-state index contributed by atoms with van der Waals surface area (Å²) in [7, 11) is -4.17. The van der Waals surface area contributed by atoms with Crippen LogP contribution in [0.3, 0.4) is 0 Å². The van der Waals surface area contributed by atoms with E-state index >= 15 is 0 Å². The zero-order chi connectivity index (χ0) is 30.3. The first-order valence-electron chi connectivity index (χ1n) is 13.6. The molecule has 0 fully saturated rings. The van der Waals surface area contributed by atoms with Gasteiger partial charge in [-0.3, -0.25) is 13.9 Å². The Morgan fingerprint density at radius 1 is 0.902 bits per heavy atom. The standard InChI is InChI=1S/C31H37Cl2N3O4S/c1-6-23(5)34-31(38)29(7-2)35(19-24-11-13-25(32)14-12-24)30(37)20-36(26-15-10-22(4)28(33)18-26)41(39,40)27-16-8-21(3)9-17-27/h8-18,23,29H,6-7,19-20H2,1-5H3,(H,34,38)/t23-,29-/m1/s1. The van der Waals surface area contributed by atoms with Gasteiger partial charge in [-0.15, -0.1) is 0 Å². The van der Waals surface area contributed by atoms with Gasteiger partial charge in [-0.2, -0.15) is 0 Å². The van der Waals surface area contributed by atoms with Crippen molar-refractivity contribution in [1.29, 1.82) is 0 Å². The molecule has 0 aliphatic carbocycles. The Bertz CT molecular complexity index is 1460. The maximum Gasteiger partial charge on any atom is 0.264 e. The molecule has 0 aliphatic heterocycles. The molecule has 0 radical (unpaired) electrons. The SMILES string of the molecule is CC[C@@H](C)NC(=O)[C@@H](CC)N(Cc1ccc(Cl)cc1)C(=O)CN(c1ccc(C)c(Cl)c1)S(=O)(=O)c1ccc(C)cc1. The van der Waals surface area contributed by atoms with E-state index in [0.29, 0.717) is 16.5 Å². The first kappa shape index (κ1) is 32.4. The zero-order valence-electron chi connectivity index (χ0n) is 24.0. The van der Waals surface area contributed by atoms with Gasteiger partial charge in [-0.25, -0.2) is 8.42 Å². The number of anilines is 1. The lowest BCUT2D eigenvalue weighted by molar-refractivity contribution is -0.140. The summed E-state index contributed by atoms with van der Waals surface area (Å²) in [4.78, 5) is 28.9. The van der Waals surface area contributed by atoms with Crippen LogP contribution in [-0.4, -0.2) is 43.8 Å². The first-order valence-corrected chi connectivity index (χ1v) is 15.8. The van der Waals surface area contributed by atoms with Crippen molar-refractivity contribution in [3.63, 3.8) is 0 Å². The summed E-state index contributed by atoms with van der Waals surface area (Å²) in [5.41, 5.74) is 2.67. The van der Waals surface area contributed by atoms with E-state index in [1.54, 1.807) is 48.5 Å². The highest BCUT2D eigenvalue weighted by molar-refractivity contribution is 7.92. The molecule has 0 spiro atoms. The second kappa shape index (κ2) is 14.2. The smallest absolute Gasteiger partial charge is 0.264 e. The number of sulfonamides is 1. The Balaban J connectivity index is 2.08. The lowest BCUT2D eigenvalue weighted by Gasteiger charge is -2.33. The summed E-state index contributed by atoms with van der Waals surface area (Å²) in [6, 6.07) is 17.4. The van der Waals surface area contributed by atoms with Gasteiger partial charge in [0.2, 0.25) is 11.8 Å². The van der Waals surface area contributed by atoms with E-state index in [2.05, 4.69) is 5.32 Å². The van der Waals surface area contributed by atoms with Crippen molar-refractivity contribution in [3.05, 3.63) is 93.5 Å². The van der Waals surface area contributed by atoms with Crippen LogP contribution in [0.5, 0.6) is 0 Å². The number of nitrogens with zero attached hydrogens (tertiary/aromatic N) is 2. The normalized spacial score (nSPS) is 12.9. The fourth-order valence-corrected chi connectivity index (χ4v) is 5.96. The van der Waals surface area contributed by atoms with E-state index in [1.807, 2.05) is 34.6 Å². The van der Waals surface area contributed by atoms with E-state index in [1.165, 1.54) is 23.1 Å². The number of nitrogens with one attached hydrogen (secondary N) is 1. The van der Waals surface area contributed by atoms with Gasteiger partial charge in [0.25, 0.3) is 10.0 Å². The van der Waals surface area contributed by atoms with E-state index in [-0.39, 0.29) is 29.1 Å². The third kappa shape index (κ3) is 8.24. The quantitative estimate of drug-likeness (QED) is 0.250. The third-order valence-electron chi connectivity index (χ3n) is 6.98. The number of hydrogen-bond donors (Lipinski definition) is 1. The van der Waals surface area contributed by atoms with Gasteiger partial charge in [0, 0.05) is 22.6 Å². The molecule has 0 heterocycles. The fraction of sp³-hybridized carbons (Fsp3) is 0.355. The second-order valence-corrected chi connectivity index (χ2v) is 12.9. The Labute approximate surface area is 253 Å². The molecular formula is C31H37Cl2N3O4S. The lowest BCUT2D eigenvalue weighted by atomic mass is 10.1. The zero-order valence-corrected chi connectivity index (χ0v) is 26.4. The van der Waals surface area contributed by atoms with E-state index in [0.717, 1.165) is 27.4 Å². The Morgan fingerprint density at radius 3 is 2.10 bits per heavy atom. The summed E-state index contributed by atoms with van der Waals surface area (Å²) < 4.78 is 29.0. The van der Waals surface area contributed by atoms with E-state index in [9.17, 15) is 18.0 Å². The molecule has 41 heavy (non-hydrogen) atoms. The molecular weight excluding hydrogens is 581 g/mol. The second-order valence-electron chi connectivity index (χ2n) is 10.1. The molecule has 0 saturated carbocycles. The Kier molecular flexibility index (Phi) is 11.2. The highest BCUT2D eigenvalue weighted by atomic mass is 35.5. The van der Waals surface area contributed by atoms with Crippen LogP contribution in [0, 0.1) is 13.8 Å². The molecule has 3 aromatic rings. The minimum absolute atomic E-state index is 0.0402. The molecule has 3 aromatic carbocycles. The van der Waals surface area contributed by atoms with Gasteiger partial charge < -0.3 is 10.2 Å². The number of hydrogen-bond acceptors (Lipinski definition) is 4. The van der Waals surface area contributed by atoms with Crippen molar-refractivity contribution in [2.24, 2.45) is 0 Å². The summed E-state index contributed by atoms with van der Waals surface area (Å²) in [6.07, 6.45) is 1.06. The van der Waals surface area contributed by atoms with Crippen LogP contribution in [0.1, 0.15) is 50.3 Å². The number of rotatable bonds is 12. The van der Waals surface area contributed by atoms with Gasteiger partial charge in [-0.05, 0) is 81.1 Å². The molecule has 10 heteroatoms. The maximum absolute atomic E-state index is 14.1. The lowest BCUT2D eigenvalue weighted by Crippen LogP contribution is -2.53. The molecule has 3 rings (SSSR count). The van der Waals surface area contributed by atoms with Crippen molar-refractivity contribution >= 4 is 50.7 Å². The molecule has 0 unspecified atom stereocenters. The number of benzene rings is 3. The monoisotopic (exact) mass is 617 g/mol. The van der Waals surface area contributed by atoms with Crippen molar-refractivity contribution in [1.82, 2.24) is 10.2 Å². The van der Waals surface area contributed by atoms with E-state index < -0.39 is 28.5 Å². The summed E-state index contributed by atoms with van der Waals surface area (Å²) >= 11 is 12.5. The predicted octanol–water partition coefficient (Wildman–Crippen LogP) is 6.53. The molecule has 0 aliphatic rings. The van der Waals surface area contributed by atoms with Crippen LogP contribution >= 0.6 is 23.2 Å². The highest BCUT2D eigenvalue weighted by Crippen LogP contribution is 2.29. The van der Waals surface area contributed by atoms with Gasteiger partial charge in [-0.1, -0.05) is 72.9 Å². The minimum Gasteiger partial charge on any atom is -0.352 e. The predicted molar refractivity (Wildman–Crippen MR) is 166 cm³/mol. The average molecular weight is 619 g/mol. The number of carbonyl (C=O) groups excluding carboxylic acids is 2. The van der Waals surface area contributed by atoms with Crippen LogP contribution in [0.25, 0.3) is 0 Å². The average Bonchev–Trinajstić information content (AvgIpc) is 2.94. The Morgan fingerprint density at radius 2 is 1.54 bits per heavy atom. The molecule has 0 saturated heterocycles. The molecule has 7 nitrogen and oxygen atoms in total. The summed E-state index contributed by atoms with van der Waals surface area (Å²) in [5, 5.41) is 3.88. The summed E-state index contributed by atoms with van der Waals surface area (Å²) in [5.74, 6) is -0.825. The molecule has 2 atom stereocenters. The summed E-state index contributed by atoms with van der Waals surface area (Å²) in [6.45, 7) is 8.92. The van der Waals surface area contributed by atoms with Gasteiger partial charge in [0.1, 0.15) is 12.6 Å². The molecule has 0 aromatic heterocycles. The maximum atomic E-state index is 14.1. The molecule has 1 N–H and O–H groups in total. The van der Waals surface area contributed by atoms with Crippen molar-refractivity contribution in [2.45, 2.75) is 71.0 Å². The number of halogens is 2. The van der Waals surface area contributed by atoms with Crippen molar-refractivity contribution < 1.29 is 18.0 Å². The highest BCUT2D eigenvalue weighted by Gasteiger charge is 2.34. The fourth-order valence-electron chi connectivity index (χ4n) is 4.25. The van der Waals surface area contributed by atoms with Crippen molar-refractivity contribution in [3.8, 4) is 0 Å². The topological polar surface area (TPSA) is 86.8 Å². The van der Waals surface area contributed by atoms with Gasteiger partial charge in [0.15, 0.2) is 0 Å². The van der Waals surface area contributed by atoms with Crippen LogP contribution < -0.4 is 9.62 Å². The van der Waals surface area contributed by atoms with Crippen LogP contribution in [0.15, 0.2) is 71.6 Å². The van der Waals surface area contributed by atoms with Gasteiger partial charge >= 0.3 is 0 Å². The van der Waals surface area contributed by atoms with Crippen molar-refractivity contribution in [2.75, 3.05) is 10.8 Å². The number of amides is 2. The molecule has 2 amide bonds.